The average molecular weight is 464 g/mol. The van der Waals surface area contributed by atoms with Crippen LogP contribution in [0.15, 0.2) is 23.0 Å². The molecule has 0 amide bonds. The summed E-state index contributed by atoms with van der Waals surface area (Å²) in [4.78, 5) is 34.6. The Morgan fingerprint density at radius 2 is 1.29 bits per heavy atom. The lowest BCUT2D eigenvalue weighted by atomic mass is 9.83. The first-order chi connectivity index (χ1) is 16.5. The summed E-state index contributed by atoms with van der Waals surface area (Å²) in [7, 11) is 0. The quantitative estimate of drug-likeness (QED) is 0.693. The van der Waals surface area contributed by atoms with E-state index < -0.39 is 0 Å². The second-order valence-corrected chi connectivity index (χ2v) is 11.2. The van der Waals surface area contributed by atoms with E-state index in [0.29, 0.717) is 11.8 Å². The Hall–Kier alpha value is -2.64. The number of pyridine rings is 1. The first kappa shape index (κ1) is 21.9. The van der Waals surface area contributed by atoms with Crippen LogP contribution in [0.3, 0.4) is 0 Å². The third kappa shape index (κ3) is 4.16. The highest BCUT2D eigenvalue weighted by molar-refractivity contribution is 5.48. The summed E-state index contributed by atoms with van der Waals surface area (Å²) in [5, 5.41) is 0. The molecule has 2 aromatic rings. The molecule has 0 N–H and O–H groups in total. The molecule has 0 spiro atoms. The van der Waals surface area contributed by atoms with Crippen molar-refractivity contribution < 1.29 is 0 Å². The molecule has 0 saturated carbocycles. The molecule has 4 aliphatic heterocycles. The van der Waals surface area contributed by atoms with E-state index >= 15 is 0 Å². The molecule has 34 heavy (non-hydrogen) atoms. The first-order valence-corrected chi connectivity index (χ1v) is 13.2. The van der Waals surface area contributed by atoms with Gasteiger partial charge >= 0.3 is 0 Å². The van der Waals surface area contributed by atoms with Crippen LogP contribution >= 0.6 is 0 Å². The number of rotatable bonds is 3. The Morgan fingerprint density at radius 3 is 1.88 bits per heavy atom. The second kappa shape index (κ2) is 8.86. The third-order valence-corrected chi connectivity index (χ3v) is 8.50. The van der Waals surface area contributed by atoms with Gasteiger partial charge in [0.2, 0.25) is 17.8 Å². The first-order valence-electron chi connectivity index (χ1n) is 13.2. The van der Waals surface area contributed by atoms with Crippen LogP contribution < -0.4 is 20.3 Å². The highest BCUT2D eigenvalue weighted by atomic mass is 16.1. The highest BCUT2D eigenvalue weighted by Crippen LogP contribution is 2.37. The summed E-state index contributed by atoms with van der Waals surface area (Å²) in [5.41, 5.74) is 1.29. The molecule has 2 unspecified atom stereocenters. The summed E-state index contributed by atoms with van der Waals surface area (Å²) in [6.45, 7) is 11.3. The van der Waals surface area contributed by atoms with Crippen LogP contribution in [0.2, 0.25) is 0 Å². The molecule has 6 heterocycles. The summed E-state index contributed by atoms with van der Waals surface area (Å²) >= 11 is 0. The van der Waals surface area contributed by atoms with E-state index in [1.165, 1.54) is 25.7 Å². The standard InChI is InChI=1S/C26H37N7O/c1-18-6-10-30(11-7-18)24-27-25(31-12-8-19(2)9-13-31)29-26(28-24)32-15-20-14-21(17-32)22-4-3-5-23(34)33(22)16-20/h3-5,18-21H,6-17H2,1-2H3. The predicted octanol–water partition coefficient (Wildman–Crippen LogP) is 3.13. The average Bonchev–Trinajstić information content (AvgIpc) is 2.85. The van der Waals surface area contributed by atoms with Crippen molar-refractivity contribution >= 4 is 17.8 Å². The van der Waals surface area contributed by atoms with Crippen molar-refractivity contribution in [2.75, 3.05) is 54.0 Å². The fraction of sp³-hybridized carbons (Fsp3) is 0.692. The van der Waals surface area contributed by atoms with Gasteiger partial charge < -0.3 is 19.3 Å². The molecule has 3 saturated heterocycles. The number of nitrogens with zero attached hydrogens (tertiary/aromatic N) is 7. The fourth-order valence-electron chi connectivity index (χ4n) is 6.24. The Balaban J connectivity index is 1.32. The topological polar surface area (TPSA) is 70.4 Å². The van der Waals surface area contributed by atoms with E-state index in [-0.39, 0.29) is 5.56 Å². The molecular formula is C26H37N7O. The third-order valence-electron chi connectivity index (χ3n) is 8.50. The van der Waals surface area contributed by atoms with Crippen molar-refractivity contribution in [3.05, 3.63) is 34.2 Å². The molecule has 2 bridgehead atoms. The zero-order chi connectivity index (χ0) is 23.2. The lowest BCUT2D eigenvalue weighted by Crippen LogP contribution is -2.48. The van der Waals surface area contributed by atoms with Gasteiger partial charge in [-0.25, -0.2) is 0 Å². The van der Waals surface area contributed by atoms with E-state index in [1.807, 2.05) is 10.6 Å². The molecule has 0 aliphatic carbocycles. The molecule has 2 atom stereocenters. The summed E-state index contributed by atoms with van der Waals surface area (Å²) in [5.74, 6) is 4.84. The van der Waals surface area contributed by atoms with Crippen molar-refractivity contribution in [3.63, 3.8) is 0 Å². The molecule has 2 aromatic heterocycles. The van der Waals surface area contributed by atoms with Crippen molar-refractivity contribution in [2.45, 2.75) is 58.4 Å². The number of hydrogen-bond acceptors (Lipinski definition) is 7. The molecular weight excluding hydrogens is 426 g/mol. The van der Waals surface area contributed by atoms with Crippen LogP contribution in [0.1, 0.15) is 57.6 Å². The summed E-state index contributed by atoms with van der Waals surface area (Å²) in [6.07, 6.45) is 5.90. The SMILES string of the molecule is CC1CCN(c2nc(N3CCC(C)CC3)nc(N3CC4CC(C3)c3cccc(=O)n3C4)n2)CC1. The maximum atomic E-state index is 12.4. The van der Waals surface area contributed by atoms with E-state index in [2.05, 4.69) is 34.6 Å². The maximum Gasteiger partial charge on any atom is 0.250 e. The normalized spacial score (nSPS) is 26.0. The number of piperidine rings is 3. The van der Waals surface area contributed by atoms with Crippen molar-refractivity contribution in [1.82, 2.24) is 19.5 Å². The lowest BCUT2D eigenvalue weighted by Gasteiger charge is -2.43. The smallest absolute Gasteiger partial charge is 0.250 e. The molecule has 182 valence electrons. The molecule has 8 nitrogen and oxygen atoms in total. The minimum Gasteiger partial charge on any atom is -0.341 e. The summed E-state index contributed by atoms with van der Waals surface area (Å²) < 4.78 is 1.99. The van der Waals surface area contributed by atoms with E-state index in [9.17, 15) is 4.79 Å². The fourth-order valence-corrected chi connectivity index (χ4v) is 6.24. The Bertz CT molecular complexity index is 1040. The number of anilines is 3. The molecule has 8 heteroatoms. The monoisotopic (exact) mass is 463 g/mol. The molecule has 0 radical (unpaired) electrons. The van der Waals surface area contributed by atoms with E-state index in [1.54, 1.807) is 6.07 Å². The predicted molar refractivity (Wildman–Crippen MR) is 135 cm³/mol. The highest BCUT2D eigenvalue weighted by Gasteiger charge is 2.36. The molecule has 6 rings (SSSR count). The van der Waals surface area contributed by atoms with E-state index in [0.717, 1.165) is 87.6 Å². The van der Waals surface area contributed by atoms with Crippen molar-refractivity contribution in [3.8, 4) is 0 Å². The zero-order valence-corrected chi connectivity index (χ0v) is 20.6. The van der Waals surface area contributed by atoms with Crippen LogP contribution in [0.5, 0.6) is 0 Å². The summed E-state index contributed by atoms with van der Waals surface area (Å²) in [6, 6.07) is 5.72. The van der Waals surface area contributed by atoms with Crippen molar-refractivity contribution in [2.24, 2.45) is 17.8 Å². The van der Waals surface area contributed by atoms with Gasteiger partial charge in [-0.15, -0.1) is 0 Å². The molecule has 3 fully saturated rings. The lowest BCUT2D eigenvalue weighted by molar-refractivity contribution is 0.279. The number of hydrogen-bond donors (Lipinski definition) is 0. The largest absolute Gasteiger partial charge is 0.341 e. The van der Waals surface area contributed by atoms with Gasteiger partial charge in [-0.1, -0.05) is 19.9 Å². The Morgan fingerprint density at radius 1 is 0.735 bits per heavy atom. The van der Waals surface area contributed by atoms with Crippen LogP contribution in [0, 0.1) is 17.8 Å². The van der Waals surface area contributed by atoms with Gasteiger partial charge in [0.05, 0.1) is 0 Å². The van der Waals surface area contributed by atoms with Crippen LogP contribution in [-0.2, 0) is 6.54 Å². The van der Waals surface area contributed by atoms with Gasteiger partial charge in [-0.3, -0.25) is 4.79 Å². The van der Waals surface area contributed by atoms with Gasteiger partial charge in [0.25, 0.3) is 5.56 Å². The van der Waals surface area contributed by atoms with E-state index in [4.69, 9.17) is 15.0 Å². The van der Waals surface area contributed by atoms with Gasteiger partial charge in [0, 0.05) is 63.5 Å². The Kier molecular flexibility index (Phi) is 5.70. The van der Waals surface area contributed by atoms with Crippen LogP contribution in [-0.4, -0.2) is 58.8 Å². The van der Waals surface area contributed by atoms with Crippen molar-refractivity contribution in [1.29, 1.82) is 0 Å². The minimum absolute atomic E-state index is 0.129. The minimum atomic E-state index is 0.129. The van der Waals surface area contributed by atoms with Gasteiger partial charge in [-0.05, 0) is 55.9 Å². The Labute approximate surface area is 202 Å². The zero-order valence-electron chi connectivity index (χ0n) is 20.6. The molecule has 0 aromatic carbocycles. The number of fused-ring (bicyclic) bond motifs is 4. The maximum absolute atomic E-state index is 12.4. The second-order valence-electron chi connectivity index (χ2n) is 11.2. The van der Waals surface area contributed by atoms with Gasteiger partial charge in [0.1, 0.15) is 0 Å². The van der Waals surface area contributed by atoms with Gasteiger partial charge in [-0.2, -0.15) is 15.0 Å². The number of aromatic nitrogens is 4. The van der Waals surface area contributed by atoms with Crippen LogP contribution in [0.25, 0.3) is 0 Å². The van der Waals surface area contributed by atoms with Gasteiger partial charge in [0.15, 0.2) is 0 Å². The van der Waals surface area contributed by atoms with Crippen LogP contribution in [0.4, 0.5) is 17.8 Å². The molecule has 4 aliphatic rings.